The summed E-state index contributed by atoms with van der Waals surface area (Å²) in [5, 5.41) is 16.8. The third-order valence-corrected chi connectivity index (χ3v) is 4.76. The maximum Gasteiger partial charge on any atom is 0.347 e. The highest BCUT2D eigenvalue weighted by atomic mass is 32.2. The third-order valence-electron chi connectivity index (χ3n) is 2.49. The number of nitrogens with zero attached hydrogens (tertiary/aromatic N) is 3. The van der Waals surface area contributed by atoms with Crippen LogP contribution in [-0.2, 0) is 5.75 Å². The van der Waals surface area contributed by atoms with Gasteiger partial charge in [0.15, 0.2) is 10.1 Å². The Morgan fingerprint density at radius 1 is 1.48 bits per heavy atom. The largest absolute Gasteiger partial charge is 0.477 e. The molecule has 0 fully saturated rings. The van der Waals surface area contributed by atoms with Gasteiger partial charge in [-0.1, -0.05) is 11.8 Å². The highest BCUT2D eigenvalue weighted by molar-refractivity contribution is 8.00. The minimum atomic E-state index is -0.963. The van der Waals surface area contributed by atoms with Gasteiger partial charge in [-0.2, -0.15) is 0 Å². The molecule has 1 N–H and O–H groups in total. The number of hydrogen-bond donors (Lipinski definition) is 1. The molecule has 0 spiro atoms. The van der Waals surface area contributed by atoms with Gasteiger partial charge in [0.1, 0.15) is 4.88 Å². The summed E-state index contributed by atoms with van der Waals surface area (Å²) in [5.41, 5.74) is 0.511. The lowest BCUT2D eigenvalue weighted by atomic mass is 10.4. The molecule has 0 aliphatic rings. The van der Waals surface area contributed by atoms with Gasteiger partial charge in [0.25, 0.3) is 5.89 Å². The van der Waals surface area contributed by atoms with Gasteiger partial charge in [-0.15, -0.1) is 21.5 Å². The van der Waals surface area contributed by atoms with Crippen LogP contribution in [-0.4, -0.2) is 26.3 Å². The monoisotopic (exact) mass is 323 g/mol. The number of furan rings is 1. The number of aromatic carboxylic acids is 1. The zero-order chi connectivity index (χ0) is 14.8. The first-order valence-corrected chi connectivity index (χ1v) is 7.63. The van der Waals surface area contributed by atoms with Gasteiger partial charge in [0, 0.05) is 0 Å². The molecule has 3 aromatic rings. The number of aromatic nitrogens is 3. The van der Waals surface area contributed by atoms with Crippen molar-refractivity contribution in [1.82, 2.24) is 15.2 Å². The molecule has 0 saturated heterocycles. The van der Waals surface area contributed by atoms with Gasteiger partial charge in [0.05, 0.1) is 17.7 Å². The molecule has 0 aliphatic heterocycles. The van der Waals surface area contributed by atoms with E-state index in [9.17, 15) is 4.79 Å². The van der Waals surface area contributed by atoms with E-state index in [4.69, 9.17) is 13.9 Å². The molecule has 0 bridgehead atoms. The van der Waals surface area contributed by atoms with Crippen molar-refractivity contribution in [2.45, 2.75) is 17.0 Å². The fourth-order valence-electron chi connectivity index (χ4n) is 1.57. The molecule has 3 rings (SSSR count). The molecular weight excluding hydrogens is 314 g/mol. The van der Waals surface area contributed by atoms with E-state index in [0.29, 0.717) is 33.3 Å². The molecule has 0 atom stereocenters. The number of hydrogen-bond acceptors (Lipinski definition) is 8. The molecule has 21 heavy (non-hydrogen) atoms. The maximum absolute atomic E-state index is 11.0. The first kappa shape index (κ1) is 13.8. The SMILES string of the molecule is Cc1nc(SCc2nnc(-c3ccco3)o2)sc1C(=O)O. The zero-order valence-corrected chi connectivity index (χ0v) is 12.4. The molecular formula is C12H9N3O4S2. The normalized spacial score (nSPS) is 10.9. The quantitative estimate of drug-likeness (QED) is 0.715. The second-order valence-corrected chi connectivity index (χ2v) is 6.19. The zero-order valence-electron chi connectivity index (χ0n) is 10.8. The Labute approximate surface area is 127 Å². The standard InChI is InChI=1S/C12H9N3O4S2/c1-6-9(11(16)17)21-12(13-6)20-5-8-14-15-10(19-8)7-3-2-4-18-7/h2-4H,5H2,1H3,(H,16,17). The van der Waals surface area contributed by atoms with Crippen LogP contribution < -0.4 is 0 Å². The Morgan fingerprint density at radius 3 is 3.00 bits per heavy atom. The Kier molecular flexibility index (Phi) is 3.76. The highest BCUT2D eigenvalue weighted by Crippen LogP contribution is 2.30. The van der Waals surface area contributed by atoms with Crippen molar-refractivity contribution in [3.63, 3.8) is 0 Å². The first-order chi connectivity index (χ1) is 10.1. The number of thioether (sulfide) groups is 1. The van der Waals surface area contributed by atoms with Crippen LogP contribution in [0.1, 0.15) is 21.3 Å². The van der Waals surface area contributed by atoms with Crippen LogP contribution in [0, 0.1) is 6.92 Å². The van der Waals surface area contributed by atoms with E-state index in [2.05, 4.69) is 15.2 Å². The average molecular weight is 323 g/mol. The number of aryl methyl sites for hydroxylation is 1. The topological polar surface area (TPSA) is 102 Å². The number of carboxylic acids is 1. The van der Waals surface area contributed by atoms with Crippen LogP contribution in [0.15, 0.2) is 31.6 Å². The Morgan fingerprint density at radius 2 is 2.33 bits per heavy atom. The Balaban J connectivity index is 1.68. The third kappa shape index (κ3) is 2.98. The molecule has 0 radical (unpaired) electrons. The molecule has 0 unspecified atom stereocenters. The second kappa shape index (κ2) is 5.70. The highest BCUT2D eigenvalue weighted by Gasteiger charge is 2.16. The second-order valence-electron chi connectivity index (χ2n) is 3.97. The van der Waals surface area contributed by atoms with Crippen molar-refractivity contribution >= 4 is 29.1 Å². The van der Waals surface area contributed by atoms with Crippen molar-refractivity contribution in [2.24, 2.45) is 0 Å². The Hall–Kier alpha value is -2.13. The van der Waals surface area contributed by atoms with E-state index < -0.39 is 5.97 Å². The average Bonchev–Trinajstić information content (AvgIpc) is 3.16. The van der Waals surface area contributed by atoms with E-state index in [1.165, 1.54) is 18.0 Å². The molecule has 0 aromatic carbocycles. The lowest BCUT2D eigenvalue weighted by molar-refractivity contribution is 0.0701. The van der Waals surface area contributed by atoms with E-state index >= 15 is 0 Å². The first-order valence-electron chi connectivity index (χ1n) is 5.83. The predicted octanol–water partition coefficient (Wildman–Crippen LogP) is 3.09. The lowest BCUT2D eigenvalue weighted by Crippen LogP contribution is -1.94. The van der Waals surface area contributed by atoms with Crippen molar-refractivity contribution in [3.05, 3.63) is 34.9 Å². The maximum atomic E-state index is 11.0. The van der Waals surface area contributed by atoms with Crippen LogP contribution in [0.4, 0.5) is 0 Å². The van der Waals surface area contributed by atoms with E-state index in [0.717, 1.165) is 11.3 Å². The molecule has 0 aliphatic carbocycles. The molecule has 108 valence electrons. The fourth-order valence-corrected chi connectivity index (χ4v) is 3.43. The van der Waals surface area contributed by atoms with Crippen LogP contribution in [0.3, 0.4) is 0 Å². The van der Waals surface area contributed by atoms with Crippen LogP contribution in [0.2, 0.25) is 0 Å². The van der Waals surface area contributed by atoms with Crippen LogP contribution in [0.25, 0.3) is 11.7 Å². The molecule has 0 saturated carbocycles. The van der Waals surface area contributed by atoms with Crippen molar-refractivity contribution in [2.75, 3.05) is 0 Å². The summed E-state index contributed by atoms with van der Waals surface area (Å²) in [6.07, 6.45) is 1.53. The van der Waals surface area contributed by atoms with Crippen molar-refractivity contribution in [1.29, 1.82) is 0 Å². The van der Waals surface area contributed by atoms with Crippen LogP contribution in [0.5, 0.6) is 0 Å². The number of carbonyl (C=O) groups is 1. The summed E-state index contributed by atoms with van der Waals surface area (Å²) < 4.78 is 11.3. The van der Waals surface area contributed by atoms with Crippen molar-refractivity contribution < 1.29 is 18.7 Å². The van der Waals surface area contributed by atoms with Gasteiger partial charge in [-0.05, 0) is 19.1 Å². The van der Waals surface area contributed by atoms with Gasteiger partial charge < -0.3 is 13.9 Å². The van der Waals surface area contributed by atoms with Gasteiger partial charge in [-0.25, -0.2) is 9.78 Å². The molecule has 9 heteroatoms. The summed E-state index contributed by atoms with van der Waals surface area (Å²) in [6, 6.07) is 3.47. The summed E-state index contributed by atoms with van der Waals surface area (Å²) >= 11 is 2.49. The number of thiazole rings is 1. The van der Waals surface area contributed by atoms with E-state index in [1.807, 2.05) is 0 Å². The summed E-state index contributed by atoms with van der Waals surface area (Å²) in [7, 11) is 0. The van der Waals surface area contributed by atoms with Crippen molar-refractivity contribution in [3.8, 4) is 11.7 Å². The molecule has 7 nitrogen and oxygen atoms in total. The molecule has 3 aromatic heterocycles. The minimum absolute atomic E-state index is 0.249. The minimum Gasteiger partial charge on any atom is -0.477 e. The summed E-state index contributed by atoms with van der Waals surface area (Å²) in [4.78, 5) is 15.4. The van der Waals surface area contributed by atoms with Crippen LogP contribution >= 0.6 is 23.1 Å². The summed E-state index contributed by atoms with van der Waals surface area (Å²) in [6.45, 7) is 1.67. The predicted molar refractivity (Wildman–Crippen MR) is 75.4 cm³/mol. The number of carboxylic acid groups (broad SMARTS) is 1. The lowest BCUT2D eigenvalue weighted by Gasteiger charge is -1.91. The molecule has 0 amide bonds. The van der Waals surface area contributed by atoms with Gasteiger partial charge in [0.2, 0.25) is 5.89 Å². The van der Waals surface area contributed by atoms with E-state index in [-0.39, 0.29) is 4.88 Å². The Bertz CT molecular complexity index is 763. The summed E-state index contributed by atoms with van der Waals surface area (Å²) in [5.74, 6) is 0.708. The molecule has 3 heterocycles. The number of rotatable bonds is 5. The van der Waals surface area contributed by atoms with Gasteiger partial charge >= 0.3 is 5.97 Å². The fraction of sp³-hybridized carbons (Fsp3) is 0.167. The van der Waals surface area contributed by atoms with E-state index in [1.54, 1.807) is 19.1 Å². The van der Waals surface area contributed by atoms with Gasteiger partial charge in [-0.3, -0.25) is 0 Å². The smallest absolute Gasteiger partial charge is 0.347 e.